The summed E-state index contributed by atoms with van der Waals surface area (Å²) >= 11 is 0. The Hall–Kier alpha value is -0.670. The topological polar surface area (TPSA) is 43.1 Å². The largest absolute Gasteiger partial charge is 0.327 e. The molecule has 96 valence electrons. The van der Waals surface area contributed by atoms with Crippen LogP contribution in [0.5, 0.6) is 0 Å². The number of unbranched alkanes of at least 4 members (excludes halogenated alkanes) is 1. The number of hydrogen-bond donors (Lipinski definition) is 1. The lowest BCUT2D eigenvalue weighted by Crippen LogP contribution is -2.26. The van der Waals surface area contributed by atoms with Crippen molar-refractivity contribution in [1.82, 2.24) is 0 Å². The molecule has 1 aromatic rings. The Morgan fingerprint density at radius 3 is 2.59 bits per heavy atom. The summed E-state index contributed by atoms with van der Waals surface area (Å²) in [6.45, 7) is 2.04. The maximum Gasteiger partial charge on any atom is 0.0386 e. The van der Waals surface area contributed by atoms with Crippen molar-refractivity contribution in [2.45, 2.75) is 38.6 Å². The van der Waals surface area contributed by atoms with Crippen LogP contribution in [-0.2, 0) is 17.2 Å². The molecule has 2 atom stereocenters. The van der Waals surface area contributed by atoms with E-state index in [0.29, 0.717) is 5.75 Å². The fraction of sp³-hybridized carbons (Fsp3) is 0.571. The Morgan fingerprint density at radius 2 is 1.94 bits per heavy atom. The molecule has 0 radical (unpaired) electrons. The summed E-state index contributed by atoms with van der Waals surface area (Å²) in [6, 6.07) is 10.5. The van der Waals surface area contributed by atoms with Gasteiger partial charge in [0.1, 0.15) is 0 Å². The lowest BCUT2D eigenvalue weighted by molar-refractivity contribution is 0.658. The molecule has 0 aliphatic carbocycles. The normalized spacial score (nSPS) is 14.5. The smallest absolute Gasteiger partial charge is 0.0386 e. The van der Waals surface area contributed by atoms with Crippen molar-refractivity contribution in [2.24, 2.45) is 5.73 Å². The first kappa shape index (κ1) is 14.4. The Labute approximate surface area is 107 Å². The summed E-state index contributed by atoms with van der Waals surface area (Å²) in [4.78, 5) is 0. The minimum Gasteiger partial charge on any atom is -0.327 e. The molecule has 0 aliphatic heterocycles. The summed E-state index contributed by atoms with van der Waals surface area (Å²) in [7, 11) is -0.733. The third kappa shape index (κ3) is 6.59. The second-order valence-electron chi connectivity index (χ2n) is 4.42. The number of aryl methyl sites for hydroxylation is 1. The lowest BCUT2D eigenvalue weighted by Gasteiger charge is -2.08. The first-order valence-electron chi connectivity index (χ1n) is 6.37. The van der Waals surface area contributed by atoms with Gasteiger partial charge in [0.15, 0.2) is 0 Å². The van der Waals surface area contributed by atoms with Crippen LogP contribution in [0.4, 0.5) is 0 Å². The van der Waals surface area contributed by atoms with E-state index in [1.807, 2.05) is 13.0 Å². The molecule has 0 bridgehead atoms. The Bertz CT molecular complexity index is 326. The SMILES string of the molecule is CCC(N)CS(=O)CCCCc1ccccc1. The van der Waals surface area contributed by atoms with Gasteiger partial charge < -0.3 is 5.73 Å². The molecule has 2 N–H and O–H groups in total. The molecule has 1 aromatic carbocycles. The zero-order chi connectivity index (χ0) is 12.5. The first-order chi connectivity index (χ1) is 8.22. The van der Waals surface area contributed by atoms with Gasteiger partial charge in [0, 0.05) is 28.3 Å². The number of benzene rings is 1. The van der Waals surface area contributed by atoms with Gasteiger partial charge in [0.05, 0.1) is 0 Å². The Morgan fingerprint density at radius 1 is 1.24 bits per heavy atom. The van der Waals surface area contributed by atoms with Crippen molar-refractivity contribution in [1.29, 1.82) is 0 Å². The fourth-order valence-electron chi connectivity index (χ4n) is 1.68. The first-order valence-corrected chi connectivity index (χ1v) is 7.85. The molecule has 0 saturated heterocycles. The molecule has 17 heavy (non-hydrogen) atoms. The van der Waals surface area contributed by atoms with Crippen molar-refractivity contribution in [3.05, 3.63) is 35.9 Å². The molecule has 0 saturated carbocycles. The van der Waals surface area contributed by atoms with Crippen LogP contribution < -0.4 is 5.73 Å². The average Bonchev–Trinajstić information content (AvgIpc) is 2.36. The second-order valence-corrected chi connectivity index (χ2v) is 6.04. The highest BCUT2D eigenvalue weighted by molar-refractivity contribution is 7.85. The van der Waals surface area contributed by atoms with Crippen LogP contribution in [-0.4, -0.2) is 21.8 Å². The molecule has 3 heteroatoms. The van der Waals surface area contributed by atoms with Gasteiger partial charge in [-0.15, -0.1) is 0 Å². The number of nitrogens with two attached hydrogens (primary N) is 1. The molecule has 0 amide bonds. The van der Waals surface area contributed by atoms with Crippen LogP contribution in [0, 0.1) is 0 Å². The highest BCUT2D eigenvalue weighted by atomic mass is 32.2. The van der Waals surface area contributed by atoms with E-state index < -0.39 is 10.8 Å². The maximum absolute atomic E-state index is 11.7. The van der Waals surface area contributed by atoms with E-state index in [0.717, 1.165) is 31.4 Å². The van der Waals surface area contributed by atoms with Crippen LogP contribution in [0.3, 0.4) is 0 Å². The van der Waals surface area contributed by atoms with Crippen LogP contribution >= 0.6 is 0 Å². The number of rotatable bonds is 8. The lowest BCUT2D eigenvalue weighted by atomic mass is 10.1. The average molecular weight is 253 g/mol. The standard InChI is InChI=1S/C14H23NOS/c1-2-14(15)12-17(16)11-7-6-10-13-8-4-3-5-9-13/h3-5,8-9,14H,2,6-7,10-12,15H2,1H3. The van der Waals surface area contributed by atoms with E-state index in [1.54, 1.807) is 0 Å². The monoisotopic (exact) mass is 253 g/mol. The van der Waals surface area contributed by atoms with Crippen LogP contribution in [0.15, 0.2) is 30.3 Å². The minimum atomic E-state index is -0.733. The van der Waals surface area contributed by atoms with Crippen molar-refractivity contribution in [3.8, 4) is 0 Å². The Balaban J connectivity index is 2.10. The van der Waals surface area contributed by atoms with Crippen molar-refractivity contribution < 1.29 is 4.21 Å². The van der Waals surface area contributed by atoms with E-state index in [-0.39, 0.29) is 6.04 Å². The molecule has 0 spiro atoms. The van der Waals surface area contributed by atoms with Crippen molar-refractivity contribution >= 4 is 10.8 Å². The van der Waals surface area contributed by atoms with Crippen LogP contribution in [0.2, 0.25) is 0 Å². The van der Waals surface area contributed by atoms with Gasteiger partial charge in [-0.1, -0.05) is 37.3 Å². The van der Waals surface area contributed by atoms with Gasteiger partial charge in [-0.2, -0.15) is 0 Å². The molecule has 0 aromatic heterocycles. The molecule has 0 aliphatic rings. The predicted molar refractivity (Wildman–Crippen MR) is 75.5 cm³/mol. The van der Waals surface area contributed by atoms with Gasteiger partial charge in [-0.05, 0) is 31.2 Å². The molecule has 2 nitrogen and oxygen atoms in total. The van der Waals surface area contributed by atoms with E-state index in [1.165, 1.54) is 5.56 Å². The minimum absolute atomic E-state index is 0.102. The Kier molecular flexibility index (Phi) is 7.13. The third-order valence-corrected chi connectivity index (χ3v) is 4.40. The quantitative estimate of drug-likeness (QED) is 0.723. The maximum atomic E-state index is 11.7. The highest BCUT2D eigenvalue weighted by Gasteiger charge is 2.05. The number of hydrogen-bond acceptors (Lipinski definition) is 2. The van der Waals surface area contributed by atoms with Gasteiger partial charge in [0.2, 0.25) is 0 Å². The summed E-state index contributed by atoms with van der Waals surface area (Å²) < 4.78 is 11.7. The third-order valence-electron chi connectivity index (χ3n) is 2.85. The summed E-state index contributed by atoms with van der Waals surface area (Å²) in [5.74, 6) is 1.45. The van der Waals surface area contributed by atoms with Gasteiger partial charge in [-0.25, -0.2) is 0 Å². The van der Waals surface area contributed by atoms with Crippen molar-refractivity contribution in [3.63, 3.8) is 0 Å². The predicted octanol–water partition coefficient (Wildman–Crippen LogP) is 2.50. The van der Waals surface area contributed by atoms with Gasteiger partial charge in [0.25, 0.3) is 0 Å². The molecule has 2 unspecified atom stereocenters. The summed E-state index contributed by atoms with van der Waals surface area (Å²) in [5.41, 5.74) is 7.14. The van der Waals surface area contributed by atoms with Crippen LogP contribution in [0.1, 0.15) is 31.7 Å². The molecular weight excluding hydrogens is 230 g/mol. The molecule has 0 fully saturated rings. The molecular formula is C14H23NOS. The fourth-order valence-corrected chi connectivity index (χ4v) is 3.08. The van der Waals surface area contributed by atoms with E-state index in [9.17, 15) is 4.21 Å². The van der Waals surface area contributed by atoms with E-state index >= 15 is 0 Å². The summed E-state index contributed by atoms with van der Waals surface area (Å²) in [5, 5.41) is 0. The molecule has 0 heterocycles. The van der Waals surface area contributed by atoms with Gasteiger partial charge >= 0.3 is 0 Å². The zero-order valence-electron chi connectivity index (χ0n) is 10.6. The molecule has 1 rings (SSSR count). The van der Waals surface area contributed by atoms with E-state index in [2.05, 4.69) is 24.3 Å². The van der Waals surface area contributed by atoms with Crippen molar-refractivity contribution in [2.75, 3.05) is 11.5 Å². The van der Waals surface area contributed by atoms with E-state index in [4.69, 9.17) is 5.73 Å². The zero-order valence-corrected chi connectivity index (χ0v) is 11.4. The van der Waals surface area contributed by atoms with Crippen LogP contribution in [0.25, 0.3) is 0 Å². The second kappa shape index (κ2) is 8.43. The highest BCUT2D eigenvalue weighted by Crippen LogP contribution is 2.05. The van der Waals surface area contributed by atoms with Gasteiger partial charge in [-0.3, -0.25) is 4.21 Å². The summed E-state index contributed by atoms with van der Waals surface area (Å²) in [6.07, 6.45) is 4.13.